The fraction of sp³-hybridized carbons (Fsp3) is 0.552. The highest BCUT2D eigenvalue weighted by molar-refractivity contribution is 7.92. The molecule has 40 heavy (non-hydrogen) atoms. The number of halogens is 1. The van der Waals surface area contributed by atoms with Gasteiger partial charge in [-0.1, -0.05) is 70.2 Å². The van der Waals surface area contributed by atoms with Crippen molar-refractivity contribution in [3.05, 3.63) is 53.6 Å². The van der Waals surface area contributed by atoms with Crippen molar-refractivity contribution >= 4 is 57.7 Å². The summed E-state index contributed by atoms with van der Waals surface area (Å²) < 4.78 is 39.3. The van der Waals surface area contributed by atoms with Gasteiger partial charge >= 0.3 is 0 Å². The molecule has 2 heterocycles. The molecule has 220 valence electrons. The molecule has 2 fully saturated rings. The molecule has 0 aliphatic carbocycles. The number of hydrogen-bond donors (Lipinski definition) is 2. The number of anilines is 2. The lowest BCUT2D eigenvalue weighted by molar-refractivity contribution is 0.368. The first-order chi connectivity index (χ1) is 19.0. The van der Waals surface area contributed by atoms with Crippen molar-refractivity contribution in [3.63, 3.8) is 0 Å². The van der Waals surface area contributed by atoms with Crippen molar-refractivity contribution in [3.8, 4) is 0 Å². The average Bonchev–Trinajstić information content (AvgIpc) is 3.34. The molecule has 0 unspecified atom stereocenters. The summed E-state index contributed by atoms with van der Waals surface area (Å²) in [7, 11) is -5.98. The smallest absolute Gasteiger partial charge is 0.261 e. The van der Waals surface area contributed by atoms with Crippen molar-refractivity contribution in [1.29, 1.82) is 0 Å². The molecule has 0 amide bonds. The Kier molecular flexibility index (Phi) is 10.7. The predicted molar refractivity (Wildman–Crippen MR) is 174 cm³/mol. The van der Waals surface area contributed by atoms with Crippen LogP contribution in [0.3, 0.4) is 0 Å². The average molecular weight is 624 g/mol. The predicted octanol–water partition coefficient (Wildman–Crippen LogP) is 8.42. The molecule has 0 saturated carbocycles. The van der Waals surface area contributed by atoms with E-state index in [0.717, 1.165) is 26.2 Å². The third kappa shape index (κ3) is 7.47. The van der Waals surface area contributed by atoms with E-state index in [2.05, 4.69) is 40.2 Å². The molecule has 4 rings (SSSR count). The number of sulfonamides is 1. The van der Waals surface area contributed by atoms with Gasteiger partial charge in [-0.25, -0.2) is 13.2 Å². The van der Waals surface area contributed by atoms with Gasteiger partial charge in [0.2, 0.25) is 0 Å². The summed E-state index contributed by atoms with van der Waals surface area (Å²) in [5.74, 6) is 0. The van der Waals surface area contributed by atoms with Crippen molar-refractivity contribution in [2.75, 3.05) is 36.2 Å². The van der Waals surface area contributed by atoms with Gasteiger partial charge in [0.1, 0.15) is 7.36 Å². The Morgan fingerprint density at radius 2 is 1.35 bits per heavy atom. The maximum atomic E-state index is 13.0. The number of nitrogens with one attached hydrogen (secondary N) is 2. The van der Waals surface area contributed by atoms with E-state index in [4.69, 9.17) is 28.6 Å². The zero-order valence-electron chi connectivity index (χ0n) is 23.9. The quantitative estimate of drug-likeness (QED) is 0.248. The van der Waals surface area contributed by atoms with Crippen LogP contribution in [0.1, 0.15) is 72.1 Å². The van der Waals surface area contributed by atoms with Gasteiger partial charge in [-0.05, 0) is 74.3 Å². The minimum atomic E-state index is -3.79. The Hall–Kier alpha value is -1.48. The SMILES string of the molecule is CC(C)(C)P(=NC(=S)Nc1ccc(S(=O)(=O)Nc2ccccc2Cl)cc1)(N1CCCCCC1)N1CCCCCC1. The third-order valence-electron chi connectivity index (χ3n) is 7.62. The maximum Gasteiger partial charge on any atom is 0.261 e. The highest BCUT2D eigenvalue weighted by Gasteiger charge is 2.44. The van der Waals surface area contributed by atoms with Gasteiger partial charge in [-0.3, -0.25) is 14.1 Å². The summed E-state index contributed by atoms with van der Waals surface area (Å²) in [6.45, 7) is 11.2. The number of hydrogen-bond acceptors (Lipinski definition) is 3. The second kappa shape index (κ2) is 13.7. The summed E-state index contributed by atoms with van der Waals surface area (Å²) in [4.78, 5) is 0.145. The molecule has 2 N–H and O–H groups in total. The molecule has 2 aliphatic rings. The highest BCUT2D eigenvalue weighted by Crippen LogP contribution is 2.66. The Morgan fingerprint density at radius 1 is 0.850 bits per heavy atom. The van der Waals surface area contributed by atoms with E-state index in [1.165, 1.54) is 51.4 Å². The lowest BCUT2D eigenvalue weighted by Gasteiger charge is -2.50. The van der Waals surface area contributed by atoms with Crippen molar-refractivity contribution < 1.29 is 8.42 Å². The van der Waals surface area contributed by atoms with Gasteiger partial charge in [0, 0.05) is 37.0 Å². The molecule has 0 spiro atoms. The van der Waals surface area contributed by atoms with Gasteiger partial charge in [0.05, 0.1) is 15.6 Å². The fourth-order valence-electron chi connectivity index (χ4n) is 5.71. The number of thiocarbonyl (C=S) groups is 1. The molecule has 2 saturated heterocycles. The Morgan fingerprint density at radius 3 is 1.82 bits per heavy atom. The molecule has 7 nitrogen and oxygen atoms in total. The van der Waals surface area contributed by atoms with Crippen LogP contribution in [0.5, 0.6) is 0 Å². The van der Waals surface area contributed by atoms with Crippen LogP contribution in [-0.4, -0.2) is 54.2 Å². The van der Waals surface area contributed by atoms with Gasteiger partial charge < -0.3 is 5.32 Å². The third-order valence-corrected chi connectivity index (χ3v) is 14.3. The summed E-state index contributed by atoms with van der Waals surface area (Å²) in [6, 6.07) is 13.4. The number of benzene rings is 2. The molecule has 0 atom stereocenters. The number of para-hydroxylation sites is 1. The zero-order valence-corrected chi connectivity index (χ0v) is 27.2. The first-order valence-corrected chi connectivity index (χ1v) is 18.3. The van der Waals surface area contributed by atoms with Gasteiger partial charge in [-0.2, -0.15) is 0 Å². The normalized spacial score (nSPS) is 18.4. The van der Waals surface area contributed by atoms with E-state index in [0.29, 0.717) is 21.5 Å². The zero-order chi connectivity index (χ0) is 28.8. The molecule has 2 aliphatic heterocycles. The minimum Gasteiger partial charge on any atom is -0.331 e. The Labute approximate surface area is 251 Å². The monoisotopic (exact) mass is 623 g/mol. The van der Waals surface area contributed by atoms with Crippen molar-refractivity contribution in [2.45, 2.75) is 82.2 Å². The largest absolute Gasteiger partial charge is 0.331 e. The number of nitrogens with zero attached hydrogens (tertiary/aromatic N) is 3. The molecule has 2 aromatic rings. The fourth-order valence-corrected chi connectivity index (χ4v) is 12.1. The van der Waals surface area contributed by atoms with Gasteiger partial charge in [0.15, 0.2) is 5.11 Å². The van der Waals surface area contributed by atoms with Gasteiger partial charge in [0.25, 0.3) is 10.0 Å². The van der Waals surface area contributed by atoms with Crippen molar-refractivity contribution in [2.24, 2.45) is 4.74 Å². The molecule has 0 aromatic heterocycles. The lowest BCUT2D eigenvalue weighted by atomic mass is 10.2. The van der Waals surface area contributed by atoms with E-state index in [-0.39, 0.29) is 10.1 Å². The van der Waals surface area contributed by atoms with E-state index < -0.39 is 17.4 Å². The Balaban J connectivity index is 1.62. The summed E-state index contributed by atoms with van der Waals surface area (Å²) in [6.07, 6.45) is 9.85. The van der Waals surface area contributed by atoms with Crippen LogP contribution in [0.15, 0.2) is 58.2 Å². The van der Waals surface area contributed by atoms with Crippen molar-refractivity contribution in [1.82, 2.24) is 9.34 Å². The lowest BCUT2D eigenvalue weighted by Crippen LogP contribution is -2.42. The highest BCUT2D eigenvalue weighted by atomic mass is 35.5. The second-order valence-electron chi connectivity index (χ2n) is 11.6. The standard InChI is InChI=1S/C29H43ClN5O2PS2/c1-29(2,3)38(34-20-10-4-5-11-21-34,35-22-12-6-7-13-23-35)32-28(39)31-24-16-18-25(19-17-24)40(36,37)33-27-15-9-8-14-26(27)30/h8-9,14-19,33H,4-7,10-13,20-23H2,1-3H3,(H,31,39). The van der Waals surface area contributed by atoms with Crippen LogP contribution in [0.2, 0.25) is 5.02 Å². The first kappa shape index (κ1) is 31.5. The minimum absolute atomic E-state index is 0.0737. The van der Waals surface area contributed by atoms with E-state index in [1.807, 2.05) is 0 Å². The number of rotatable bonds is 6. The van der Waals surface area contributed by atoms with Crippen LogP contribution in [0, 0.1) is 0 Å². The maximum absolute atomic E-state index is 13.0. The van der Waals surface area contributed by atoms with Crippen LogP contribution in [0.4, 0.5) is 11.4 Å². The summed E-state index contributed by atoms with van der Waals surface area (Å²) >= 11 is 12.1. The molecule has 11 heteroatoms. The van der Waals surface area contributed by atoms with E-state index >= 15 is 0 Å². The molecule has 2 aromatic carbocycles. The van der Waals surface area contributed by atoms with Crippen LogP contribution < -0.4 is 10.0 Å². The molecule has 0 radical (unpaired) electrons. The van der Waals surface area contributed by atoms with E-state index in [1.54, 1.807) is 48.5 Å². The molecular weight excluding hydrogens is 581 g/mol. The summed E-state index contributed by atoms with van der Waals surface area (Å²) in [5.41, 5.74) is 1.06. The first-order valence-electron chi connectivity index (χ1n) is 14.3. The molecular formula is C29H43ClN5O2PS2. The molecule has 0 bridgehead atoms. The van der Waals surface area contributed by atoms with E-state index in [9.17, 15) is 8.42 Å². The Bertz CT molecular complexity index is 1290. The topological polar surface area (TPSA) is 77.0 Å². The van der Waals surface area contributed by atoms with Crippen LogP contribution in [-0.2, 0) is 10.0 Å². The van der Waals surface area contributed by atoms with Crippen LogP contribution >= 0.6 is 31.2 Å². The second-order valence-corrected chi connectivity index (χ2v) is 17.9. The van der Waals surface area contributed by atoms with Gasteiger partial charge in [-0.15, -0.1) is 0 Å². The van der Waals surface area contributed by atoms with Crippen LogP contribution in [0.25, 0.3) is 0 Å². The summed E-state index contributed by atoms with van der Waals surface area (Å²) in [5, 5.41) is 4.05.